The molecule has 1 fully saturated rings. The molecule has 0 bridgehead atoms. The van der Waals surface area contributed by atoms with Gasteiger partial charge in [-0.05, 0) is 64.1 Å². The second kappa shape index (κ2) is 9.57. The number of pyridine rings is 1. The van der Waals surface area contributed by atoms with Crippen molar-refractivity contribution in [3.8, 4) is 5.75 Å². The molecule has 0 N–H and O–H groups in total. The molecule has 3 heterocycles. The van der Waals surface area contributed by atoms with Crippen molar-refractivity contribution in [3.63, 3.8) is 0 Å². The topological polar surface area (TPSA) is 93.4 Å². The molecular weight excluding hydrogens is 559 g/mol. The molecule has 0 atom stereocenters. The van der Waals surface area contributed by atoms with E-state index in [0.717, 1.165) is 3.70 Å². The van der Waals surface area contributed by atoms with Crippen molar-refractivity contribution in [2.75, 3.05) is 39.3 Å². The summed E-state index contributed by atoms with van der Waals surface area (Å²) < 4.78 is 39.5. The largest absolute Gasteiger partial charge is 0.491 e. The van der Waals surface area contributed by atoms with Gasteiger partial charge in [-0.3, -0.25) is 9.30 Å². The SMILES string of the molecule is CC(C)(C)OC(=O)N1CCN(CCOc2cc3ncc(I)n3cc2S(=O)(=O)C(C)(C)C)CC1. The Balaban J connectivity index is 1.66. The highest BCUT2D eigenvalue weighted by Crippen LogP contribution is 2.33. The van der Waals surface area contributed by atoms with Crippen LogP contribution in [0.25, 0.3) is 5.65 Å². The summed E-state index contributed by atoms with van der Waals surface area (Å²) in [4.78, 5) is 20.6. The van der Waals surface area contributed by atoms with Gasteiger partial charge in [-0.2, -0.15) is 0 Å². The van der Waals surface area contributed by atoms with Crippen LogP contribution in [-0.2, 0) is 14.6 Å². The lowest BCUT2D eigenvalue weighted by atomic mass is 10.2. The number of carbonyl (C=O) groups excluding carboxylic acids is 1. The minimum Gasteiger partial charge on any atom is -0.491 e. The van der Waals surface area contributed by atoms with Crippen LogP contribution in [0.4, 0.5) is 4.79 Å². The molecule has 1 amide bonds. The Kier molecular flexibility index (Phi) is 7.54. The first-order valence-electron chi connectivity index (χ1n) is 10.9. The maximum Gasteiger partial charge on any atom is 0.410 e. The first-order chi connectivity index (χ1) is 15.2. The number of nitrogens with zero attached hydrogens (tertiary/aromatic N) is 4. The molecule has 1 aliphatic heterocycles. The van der Waals surface area contributed by atoms with Crippen molar-refractivity contribution in [2.45, 2.75) is 56.8 Å². The number of amides is 1. The zero-order valence-corrected chi connectivity index (χ0v) is 23.1. The van der Waals surface area contributed by atoms with E-state index in [-0.39, 0.29) is 11.0 Å². The Bertz CT molecular complexity index is 1110. The van der Waals surface area contributed by atoms with E-state index in [1.165, 1.54) is 0 Å². The van der Waals surface area contributed by atoms with E-state index in [1.54, 1.807) is 48.5 Å². The van der Waals surface area contributed by atoms with E-state index >= 15 is 0 Å². The quantitative estimate of drug-likeness (QED) is 0.492. The number of ether oxygens (including phenoxy) is 2. The summed E-state index contributed by atoms with van der Waals surface area (Å²) >= 11 is 2.12. The molecule has 1 saturated heterocycles. The van der Waals surface area contributed by atoms with E-state index in [0.29, 0.717) is 50.7 Å². The van der Waals surface area contributed by atoms with Crippen LogP contribution in [-0.4, -0.2) is 83.4 Å². The highest BCUT2D eigenvalue weighted by molar-refractivity contribution is 14.1. The Morgan fingerprint density at radius 1 is 1.12 bits per heavy atom. The standard InChI is InChI=1S/C22H33IN4O5S/c1-21(2,3)32-20(28)26-9-7-25(8-10-26)11-12-31-16-13-19-24-14-18(23)27(19)15-17(16)33(29,30)22(4,5)6/h13-15H,7-12H2,1-6H3. The number of fused-ring (bicyclic) bond motifs is 1. The number of imidazole rings is 1. The molecule has 2 aromatic rings. The minimum absolute atomic E-state index is 0.160. The summed E-state index contributed by atoms with van der Waals surface area (Å²) in [6.07, 6.45) is 3.00. The average molecular weight is 592 g/mol. The average Bonchev–Trinajstić information content (AvgIpc) is 3.05. The van der Waals surface area contributed by atoms with Crippen LogP contribution in [0.2, 0.25) is 0 Å². The van der Waals surface area contributed by atoms with Crippen LogP contribution in [0.5, 0.6) is 5.75 Å². The maximum absolute atomic E-state index is 13.2. The summed E-state index contributed by atoms with van der Waals surface area (Å²) in [5, 5.41) is 0. The first-order valence-corrected chi connectivity index (χ1v) is 13.5. The summed E-state index contributed by atoms with van der Waals surface area (Å²) in [5.41, 5.74) is 0.120. The highest BCUT2D eigenvalue weighted by atomic mass is 127. The monoisotopic (exact) mass is 592 g/mol. The molecule has 2 aromatic heterocycles. The molecule has 0 radical (unpaired) electrons. The zero-order chi connectivity index (χ0) is 24.6. The van der Waals surface area contributed by atoms with Crippen molar-refractivity contribution in [1.82, 2.24) is 19.2 Å². The second-order valence-corrected chi connectivity index (χ2v) is 13.9. The molecule has 0 saturated carbocycles. The van der Waals surface area contributed by atoms with Gasteiger partial charge in [0.15, 0.2) is 9.84 Å². The van der Waals surface area contributed by atoms with Crippen molar-refractivity contribution < 1.29 is 22.7 Å². The fraction of sp³-hybridized carbons (Fsp3) is 0.636. The predicted molar refractivity (Wildman–Crippen MR) is 135 cm³/mol. The van der Waals surface area contributed by atoms with Crippen LogP contribution in [0.15, 0.2) is 23.4 Å². The van der Waals surface area contributed by atoms with E-state index in [1.807, 2.05) is 20.8 Å². The lowest BCUT2D eigenvalue weighted by molar-refractivity contribution is 0.0136. The Morgan fingerprint density at radius 3 is 2.33 bits per heavy atom. The van der Waals surface area contributed by atoms with Crippen molar-refractivity contribution >= 4 is 44.2 Å². The fourth-order valence-corrected chi connectivity index (χ4v) is 5.18. The van der Waals surface area contributed by atoms with Gasteiger partial charge in [0.05, 0.1) is 10.9 Å². The minimum atomic E-state index is -3.63. The zero-order valence-electron chi connectivity index (χ0n) is 20.1. The van der Waals surface area contributed by atoms with Crippen LogP contribution >= 0.6 is 22.6 Å². The number of sulfone groups is 1. The van der Waals surface area contributed by atoms with Gasteiger partial charge in [0.2, 0.25) is 0 Å². The van der Waals surface area contributed by atoms with E-state index < -0.39 is 20.2 Å². The molecule has 33 heavy (non-hydrogen) atoms. The Labute approximate surface area is 209 Å². The number of piperazine rings is 1. The predicted octanol–water partition coefficient (Wildman–Crippen LogP) is 3.44. The number of hydrogen-bond acceptors (Lipinski definition) is 7. The summed E-state index contributed by atoms with van der Waals surface area (Å²) in [5.74, 6) is 0.312. The lowest BCUT2D eigenvalue weighted by Crippen LogP contribution is -2.50. The van der Waals surface area contributed by atoms with Crippen LogP contribution in [0.1, 0.15) is 41.5 Å². The third-order valence-electron chi connectivity index (χ3n) is 5.31. The number of halogens is 1. The smallest absolute Gasteiger partial charge is 0.410 e. The molecule has 1 aliphatic rings. The summed E-state index contributed by atoms with van der Waals surface area (Å²) in [6.45, 7) is 14.1. The molecule has 9 nitrogen and oxygen atoms in total. The molecule has 3 rings (SSSR count). The number of carbonyl (C=O) groups is 1. The molecule has 0 spiro atoms. The number of rotatable bonds is 5. The molecule has 11 heteroatoms. The number of hydrogen-bond donors (Lipinski definition) is 0. The number of aromatic nitrogens is 2. The highest BCUT2D eigenvalue weighted by Gasteiger charge is 2.34. The van der Waals surface area contributed by atoms with Crippen LogP contribution in [0, 0.1) is 3.70 Å². The molecule has 184 valence electrons. The van der Waals surface area contributed by atoms with Crippen molar-refractivity contribution in [3.05, 3.63) is 22.2 Å². The van der Waals surface area contributed by atoms with Crippen LogP contribution in [0.3, 0.4) is 0 Å². The normalized spacial score (nSPS) is 16.3. The molecule has 0 aromatic carbocycles. The van der Waals surface area contributed by atoms with Gasteiger partial charge in [0.1, 0.15) is 32.2 Å². The van der Waals surface area contributed by atoms with Crippen molar-refractivity contribution in [2.24, 2.45) is 0 Å². The third-order valence-corrected chi connectivity index (χ3v) is 8.61. The van der Waals surface area contributed by atoms with Gasteiger partial charge in [-0.25, -0.2) is 18.2 Å². The van der Waals surface area contributed by atoms with Gasteiger partial charge >= 0.3 is 6.09 Å². The third kappa shape index (κ3) is 6.10. The summed E-state index contributed by atoms with van der Waals surface area (Å²) in [7, 11) is -3.63. The summed E-state index contributed by atoms with van der Waals surface area (Å²) in [6, 6.07) is 1.68. The molecular formula is C22H33IN4O5S. The lowest BCUT2D eigenvalue weighted by Gasteiger charge is -2.35. The van der Waals surface area contributed by atoms with E-state index in [4.69, 9.17) is 9.47 Å². The van der Waals surface area contributed by atoms with Gasteiger partial charge in [0.25, 0.3) is 0 Å². The molecule has 0 aliphatic carbocycles. The Hall–Kier alpha value is -1.60. The van der Waals surface area contributed by atoms with Gasteiger partial charge < -0.3 is 14.4 Å². The van der Waals surface area contributed by atoms with Gasteiger partial charge in [-0.15, -0.1) is 0 Å². The Morgan fingerprint density at radius 2 is 1.76 bits per heavy atom. The van der Waals surface area contributed by atoms with Crippen LogP contribution < -0.4 is 4.74 Å². The van der Waals surface area contributed by atoms with E-state index in [9.17, 15) is 13.2 Å². The first kappa shape index (κ1) is 26.0. The second-order valence-electron chi connectivity index (χ2n) is 10.1. The molecule has 0 unspecified atom stereocenters. The van der Waals surface area contributed by atoms with Gasteiger partial charge in [0, 0.05) is 45.0 Å². The van der Waals surface area contributed by atoms with Gasteiger partial charge in [-0.1, -0.05) is 0 Å². The fourth-order valence-electron chi connectivity index (χ4n) is 3.37. The maximum atomic E-state index is 13.2. The van der Waals surface area contributed by atoms with Crippen molar-refractivity contribution in [1.29, 1.82) is 0 Å². The van der Waals surface area contributed by atoms with E-state index in [2.05, 4.69) is 32.5 Å².